The van der Waals surface area contributed by atoms with E-state index in [1.165, 1.54) is 26.6 Å². The van der Waals surface area contributed by atoms with E-state index in [4.69, 9.17) is 25.7 Å². The lowest BCUT2D eigenvalue weighted by molar-refractivity contribution is -0.104. The van der Waals surface area contributed by atoms with Gasteiger partial charge in [0.2, 0.25) is 0 Å². The largest absolute Gasteiger partial charge is 0.494 e. The number of aldehydes is 1. The number of nitrogens with two attached hydrogens (primary N) is 2. The number of aliphatic imine (C=N–C) groups is 1. The quantitative estimate of drug-likeness (QED) is 0.297. The van der Waals surface area contributed by atoms with Crippen LogP contribution >= 0.6 is 0 Å². The first-order chi connectivity index (χ1) is 13.4. The summed E-state index contributed by atoms with van der Waals surface area (Å²) in [5.74, 6) is -2.16. The Morgan fingerprint density at radius 2 is 1.71 bits per heavy atom. The lowest BCUT2D eigenvalue weighted by atomic mass is 10.1. The molecule has 0 saturated heterocycles. The van der Waals surface area contributed by atoms with Crippen molar-refractivity contribution in [2.45, 2.75) is 6.61 Å². The average molecular weight is 393 g/mol. The number of methoxy groups -OCH3 is 2. The van der Waals surface area contributed by atoms with E-state index in [0.717, 1.165) is 12.1 Å². The van der Waals surface area contributed by atoms with Crippen LogP contribution in [0.15, 0.2) is 35.2 Å². The van der Waals surface area contributed by atoms with Gasteiger partial charge >= 0.3 is 0 Å². The van der Waals surface area contributed by atoms with Gasteiger partial charge in [-0.05, 0) is 0 Å². The van der Waals surface area contributed by atoms with Crippen molar-refractivity contribution < 1.29 is 27.8 Å². The van der Waals surface area contributed by atoms with Gasteiger partial charge in [-0.1, -0.05) is 0 Å². The second-order valence-corrected chi connectivity index (χ2v) is 5.19. The van der Waals surface area contributed by atoms with E-state index in [2.05, 4.69) is 15.0 Å². The average Bonchev–Trinajstić information content (AvgIpc) is 2.69. The van der Waals surface area contributed by atoms with Crippen LogP contribution in [0.3, 0.4) is 0 Å². The summed E-state index contributed by atoms with van der Waals surface area (Å²) in [4.78, 5) is 22.0. The predicted octanol–water partition coefficient (Wildman–Crippen LogP) is 1.38. The lowest BCUT2D eigenvalue weighted by Crippen LogP contribution is -2.12. The van der Waals surface area contributed by atoms with Crippen LogP contribution in [0.25, 0.3) is 0 Å². The maximum absolute atomic E-state index is 14.3. The number of carbonyl (C=O) groups is 1. The smallest absolute Gasteiger partial charge is 0.251 e. The Morgan fingerprint density at radius 1 is 1.14 bits per heavy atom. The molecule has 1 aromatic carbocycles. The van der Waals surface area contributed by atoms with Crippen LogP contribution in [0.1, 0.15) is 5.56 Å². The standard InChI is InChI=1S/C17H17F2N5O4/c1-26-12-4-13(27-2)16(19)11(15(12)18)8-28-10-5-22-17(23-6-10)24-14(21)3-9(20)7-25/h3-7H,8,20H2,1-2H3,(H2,21,22,23,24)/b9-3-. The SMILES string of the molecule is COc1cc(OC)c(F)c(COc2cnc(/N=C(N)\C=C(/N)C=O)nc2)c1F. The molecule has 0 spiro atoms. The van der Waals surface area contributed by atoms with Crippen molar-refractivity contribution in [3.8, 4) is 17.2 Å². The second kappa shape index (κ2) is 9.26. The number of aromatic nitrogens is 2. The number of rotatable bonds is 8. The molecular weight excluding hydrogens is 376 g/mol. The van der Waals surface area contributed by atoms with Crippen LogP contribution in [-0.2, 0) is 11.4 Å². The van der Waals surface area contributed by atoms with Crippen molar-refractivity contribution in [1.29, 1.82) is 0 Å². The minimum Gasteiger partial charge on any atom is -0.494 e. The molecule has 1 heterocycles. The third kappa shape index (κ3) is 4.90. The molecule has 0 atom stereocenters. The van der Waals surface area contributed by atoms with E-state index >= 15 is 0 Å². The zero-order valence-corrected chi connectivity index (χ0v) is 15.0. The normalized spacial score (nSPS) is 11.9. The Bertz CT molecular complexity index is 889. The van der Waals surface area contributed by atoms with Crippen molar-refractivity contribution in [2.75, 3.05) is 14.2 Å². The molecule has 0 fully saturated rings. The topological polar surface area (TPSA) is 135 Å². The van der Waals surface area contributed by atoms with Crippen LogP contribution in [-0.4, -0.2) is 36.3 Å². The number of allylic oxidation sites excluding steroid dienone is 1. The molecule has 0 radical (unpaired) electrons. The van der Waals surface area contributed by atoms with Gasteiger partial charge in [-0.15, -0.1) is 0 Å². The first-order valence-corrected chi connectivity index (χ1v) is 7.69. The fourth-order valence-electron chi connectivity index (χ4n) is 2.01. The Hall–Kier alpha value is -3.76. The molecule has 0 aliphatic heterocycles. The summed E-state index contributed by atoms with van der Waals surface area (Å²) in [6.45, 7) is -0.460. The summed E-state index contributed by atoms with van der Waals surface area (Å²) in [7, 11) is 2.49. The third-order valence-corrected chi connectivity index (χ3v) is 3.34. The zero-order valence-electron chi connectivity index (χ0n) is 15.0. The van der Waals surface area contributed by atoms with Crippen molar-refractivity contribution >= 4 is 18.1 Å². The molecule has 11 heteroatoms. The van der Waals surface area contributed by atoms with Crippen LogP contribution < -0.4 is 25.7 Å². The van der Waals surface area contributed by atoms with E-state index < -0.39 is 18.2 Å². The maximum atomic E-state index is 14.3. The highest BCUT2D eigenvalue weighted by Gasteiger charge is 2.20. The number of nitrogens with zero attached hydrogens (tertiary/aromatic N) is 3. The molecule has 0 saturated carbocycles. The van der Waals surface area contributed by atoms with Gasteiger partial charge in [-0.2, -0.15) is 4.99 Å². The Morgan fingerprint density at radius 3 is 2.21 bits per heavy atom. The number of carbonyl (C=O) groups excluding carboxylic acids is 1. The van der Waals surface area contributed by atoms with Crippen molar-refractivity contribution in [2.24, 2.45) is 16.5 Å². The van der Waals surface area contributed by atoms with Gasteiger partial charge in [0, 0.05) is 12.1 Å². The summed E-state index contributed by atoms with van der Waals surface area (Å²) >= 11 is 0. The molecular formula is C17H17F2N5O4. The molecule has 28 heavy (non-hydrogen) atoms. The number of benzene rings is 1. The lowest BCUT2D eigenvalue weighted by Gasteiger charge is -2.13. The molecule has 0 aliphatic carbocycles. The van der Waals surface area contributed by atoms with Crippen LogP contribution in [0.2, 0.25) is 0 Å². The fraction of sp³-hybridized carbons (Fsp3) is 0.176. The van der Waals surface area contributed by atoms with E-state index in [1.54, 1.807) is 0 Å². The molecule has 9 nitrogen and oxygen atoms in total. The highest BCUT2D eigenvalue weighted by molar-refractivity contribution is 5.96. The molecule has 0 unspecified atom stereocenters. The number of halogens is 2. The minimum absolute atomic E-state index is 0.0276. The highest BCUT2D eigenvalue weighted by atomic mass is 19.1. The van der Waals surface area contributed by atoms with Crippen LogP contribution in [0.4, 0.5) is 14.7 Å². The molecule has 4 N–H and O–H groups in total. The molecule has 1 aromatic heterocycles. The van der Waals surface area contributed by atoms with E-state index in [0.29, 0.717) is 6.29 Å². The summed E-state index contributed by atoms with van der Waals surface area (Å²) in [6.07, 6.45) is 4.02. The highest BCUT2D eigenvalue weighted by Crippen LogP contribution is 2.31. The Kier molecular flexibility index (Phi) is 6.79. The first-order valence-electron chi connectivity index (χ1n) is 7.69. The maximum Gasteiger partial charge on any atom is 0.251 e. The van der Waals surface area contributed by atoms with Crippen LogP contribution in [0.5, 0.6) is 17.2 Å². The number of amidine groups is 1. The van der Waals surface area contributed by atoms with E-state index in [-0.39, 0.29) is 40.3 Å². The van der Waals surface area contributed by atoms with Gasteiger partial charge in [0.05, 0.1) is 37.9 Å². The summed E-state index contributed by atoms with van der Waals surface area (Å²) in [5.41, 5.74) is 10.4. The minimum atomic E-state index is -0.907. The van der Waals surface area contributed by atoms with Crippen molar-refractivity contribution in [3.05, 3.63) is 47.4 Å². The predicted molar refractivity (Wildman–Crippen MR) is 95.4 cm³/mol. The van der Waals surface area contributed by atoms with Gasteiger partial charge in [-0.25, -0.2) is 18.7 Å². The van der Waals surface area contributed by atoms with Crippen molar-refractivity contribution in [1.82, 2.24) is 9.97 Å². The summed E-state index contributed by atoms with van der Waals surface area (Å²) in [5, 5.41) is 0. The Labute approximate surface area is 158 Å². The zero-order chi connectivity index (χ0) is 20.7. The monoisotopic (exact) mass is 393 g/mol. The Balaban J connectivity index is 2.16. The molecule has 2 aromatic rings. The van der Waals surface area contributed by atoms with E-state index in [1.807, 2.05) is 0 Å². The van der Waals surface area contributed by atoms with Gasteiger partial charge < -0.3 is 25.7 Å². The summed E-state index contributed by atoms with van der Waals surface area (Å²) in [6, 6.07) is 1.10. The molecule has 0 bridgehead atoms. The number of hydrogen-bond donors (Lipinski definition) is 2. The molecule has 2 rings (SSSR count). The molecule has 0 aliphatic rings. The van der Waals surface area contributed by atoms with Gasteiger partial charge in [0.25, 0.3) is 5.95 Å². The van der Waals surface area contributed by atoms with Gasteiger partial charge in [-0.3, -0.25) is 4.79 Å². The van der Waals surface area contributed by atoms with Gasteiger partial charge in [0.15, 0.2) is 35.2 Å². The second-order valence-electron chi connectivity index (χ2n) is 5.19. The first kappa shape index (κ1) is 20.6. The van der Waals surface area contributed by atoms with E-state index in [9.17, 15) is 13.6 Å². The number of hydrogen-bond acceptors (Lipinski definition) is 8. The third-order valence-electron chi connectivity index (χ3n) is 3.34. The molecule has 148 valence electrons. The number of ether oxygens (including phenoxy) is 3. The van der Waals surface area contributed by atoms with Crippen LogP contribution in [0, 0.1) is 11.6 Å². The summed E-state index contributed by atoms with van der Waals surface area (Å²) < 4.78 is 43.6. The molecule has 0 amide bonds. The van der Waals surface area contributed by atoms with Gasteiger partial charge in [0.1, 0.15) is 12.4 Å². The van der Waals surface area contributed by atoms with Crippen molar-refractivity contribution in [3.63, 3.8) is 0 Å². The fourth-order valence-corrected chi connectivity index (χ4v) is 2.01.